The highest BCUT2D eigenvalue weighted by molar-refractivity contribution is 8.00. The van der Waals surface area contributed by atoms with Crippen LogP contribution in [0.2, 0.25) is 0 Å². The minimum Gasteiger partial charge on any atom is -0.497 e. The van der Waals surface area contributed by atoms with E-state index in [9.17, 15) is 10.1 Å². The molecule has 1 N–H and O–H groups in total. The Morgan fingerprint density at radius 2 is 2.06 bits per heavy atom. The van der Waals surface area contributed by atoms with Gasteiger partial charge in [0.1, 0.15) is 16.8 Å². The number of methoxy groups -OCH3 is 1. The van der Waals surface area contributed by atoms with Gasteiger partial charge < -0.3 is 10.1 Å². The Balaban J connectivity index is 1.77. The van der Waals surface area contributed by atoms with Crippen LogP contribution in [-0.2, 0) is 17.6 Å². The van der Waals surface area contributed by atoms with E-state index in [1.54, 1.807) is 7.11 Å². The molecular formula is C26H33N3O2S. The maximum atomic E-state index is 12.9. The van der Waals surface area contributed by atoms with Crippen molar-refractivity contribution in [1.82, 2.24) is 4.98 Å². The number of amides is 1. The Kier molecular flexibility index (Phi) is 7.84. The molecule has 0 radical (unpaired) electrons. The number of aryl methyl sites for hydroxylation is 1. The lowest BCUT2D eigenvalue weighted by Crippen LogP contribution is -2.29. The first-order valence-electron chi connectivity index (χ1n) is 11.4. The molecule has 0 saturated carbocycles. The highest BCUT2D eigenvalue weighted by Crippen LogP contribution is 2.40. The van der Waals surface area contributed by atoms with Gasteiger partial charge in [-0.25, -0.2) is 4.98 Å². The molecule has 6 heteroatoms. The van der Waals surface area contributed by atoms with Crippen LogP contribution in [0.25, 0.3) is 0 Å². The van der Waals surface area contributed by atoms with Gasteiger partial charge in [0.2, 0.25) is 5.91 Å². The number of carbonyl (C=O) groups is 1. The molecule has 3 rings (SSSR count). The second-order valence-electron chi connectivity index (χ2n) is 9.07. The van der Waals surface area contributed by atoms with Gasteiger partial charge in [-0.3, -0.25) is 4.79 Å². The number of nitrogens with zero attached hydrogens (tertiary/aromatic N) is 2. The van der Waals surface area contributed by atoms with Gasteiger partial charge in [-0.1, -0.05) is 45.9 Å². The van der Waals surface area contributed by atoms with E-state index >= 15 is 0 Å². The third-order valence-electron chi connectivity index (χ3n) is 6.76. The van der Waals surface area contributed by atoms with Crippen LogP contribution in [0.1, 0.15) is 63.8 Å². The number of benzene rings is 1. The summed E-state index contributed by atoms with van der Waals surface area (Å²) in [6, 6.07) is 11.6. The van der Waals surface area contributed by atoms with Gasteiger partial charge in [0, 0.05) is 11.4 Å². The topological polar surface area (TPSA) is 75.0 Å². The zero-order chi connectivity index (χ0) is 23.3. The van der Waals surface area contributed by atoms with Crippen LogP contribution in [0.5, 0.6) is 5.75 Å². The number of rotatable bonds is 8. The maximum Gasteiger partial charge on any atom is 0.237 e. The molecule has 170 valence electrons. The van der Waals surface area contributed by atoms with Crippen LogP contribution >= 0.6 is 11.8 Å². The summed E-state index contributed by atoms with van der Waals surface area (Å²) < 4.78 is 5.17. The zero-order valence-electron chi connectivity index (χ0n) is 19.7. The van der Waals surface area contributed by atoms with Crippen molar-refractivity contribution in [1.29, 1.82) is 5.26 Å². The van der Waals surface area contributed by atoms with E-state index in [-0.39, 0.29) is 16.6 Å². The maximum absolute atomic E-state index is 12.9. The normalized spacial score (nSPS) is 16.6. The van der Waals surface area contributed by atoms with Gasteiger partial charge >= 0.3 is 0 Å². The van der Waals surface area contributed by atoms with Gasteiger partial charge in [0.15, 0.2) is 0 Å². The van der Waals surface area contributed by atoms with Crippen molar-refractivity contribution in [2.45, 2.75) is 70.1 Å². The van der Waals surface area contributed by atoms with Crippen LogP contribution in [0.3, 0.4) is 0 Å². The molecule has 0 bridgehead atoms. The fourth-order valence-corrected chi connectivity index (χ4v) is 5.12. The molecule has 5 nitrogen and oxygen atoms in total. The average molecular weight is 452 g/mol. The first kappa shape index (κ1) is 24.1. The molecule has 0 saturated heterocycles. The molecule has 1 aromatic carbocycles. The summed E-state index contributed by atoms with van der Waals surface area (Å²) in [6.07, 6.45) is 4.80. The summed E-state index contributed by atoms with van der Waals surface area (Å²) in [5.74, 6) is 1.26. The minimum atomic E-state index is -0.329. The highest BCUT2D eigenvalue weighted by atomic mass is 32.2. The fourth-order valence-electron chi connectivity index (χ4n) is 4.13. The molecule has 0 fully saturated rings. The van der Waals surface area contributed by atoms with Crippen molar-refractivity contribution < 1.29 is 9.53 Å². The summed E-state index contributed by atoms with van der Waals surface area (Å²) in [5, 5.41) is 13.1. The number of aromatic nitrogens is 1. The van der Waals surface area contributed by atoms with E-state index in [1.807, 2.05) is 37.3 Å². The fraction of sp³-hybridized carbons (Fsp3) is 0.500. The first-order valence-corrected chi connectivity index (χ1v) is 12.2. The number of nitriles is 1. The number of pyridine rings is 1. The number of fused-ring (bicyclic) bond motifs is 1. The van der Waals surface area contributed by atoms with Gasteiger partial charge in [-0.2, -0.15) is 5.26 Å². The van der Waals surface area contributed by atoms with Crippen molar-refractivity contribution in [3.05, 3.63) is 47.2 Å². The lowest BCUT2D eigenvalue weighted by molar-refractivity contribution is -0.115. The monoisotopic (exact) mass is 451 g/mol. The van der Waals surface area contributed by atoms with E-state index in [1.165, 1.54) is 17.3 Å². The second kappa shape index (κ2) is 10.4. The summed E-state index contributed by atoms with van der Waals surface area (Å²) in [4.78, 5) is 17.8. The molecule has 0 aliphatic heterocycles. The molecule has 2 aromatic rings. The van der Waals surface area contributed by atoms with E-state index in [2.05, 4.69) is 32.2 Å². The van der Waals surface area contributed by atoms with Crippen LogP contribution in [-0.4, -0.2) is 23.3 Å². The average Bonchev–Trinajstić information content (AvgIpc) is 2.81. The van der Waals surface area contributed by atoms with Crippen molar-refractivity contribution >= 4 is 23.4 Å². The second-order valence-corrected chi connectivity index (χ2v) is 10.3. The first-order chi connectivity index (χ1) is 15.3. The lowest BCUT2D eigenvalue weighted by atomic mass is 9.69. The summed E-state index contributed by atoms with van der Waals surface area (Å²) in [7, 11) is 1.61. The predicted octanol–water partition coefficient (Wildman–Crippen LogP) is 6.01. The smallest absolute Gasteiger partial charge is 0.237 e. The number of nitrogens with one attached hydrogen (secondary N) is 1. The van der Waals surface area contributed by atoms with Gasteiger partial charge in [-0.05, 0) is 72.9 Å². The Hall–Kier alpha value is -2.52. The highest BCUT2D eigenvalue weighted by Gasteiger charge is 2.32. The molecule has 2 atom stereocenters. The number of hydrogen-bond acceptors (Lipinski definition) is 5. The number of thioether (sulfide) groups is 1. The van der Waals surface area contributed by atoms with E-state index in [4.69, 9.17) is 9.72 Å². The zero-order valence-corrected chi connectivity index (χ0v) is 20.5. The van der Waals surface area contributed by atoms with Crippen molar-refractivity contribution in [3.8, 4) is 11.8 Å². The largest absolute Gasteiger partial charge is 0.497 e. The predicted molar refractivity (Wildman–Crippen MR) is 130 cm³/mol. The molecule has 1 aromatic heterocycles. The Labute approximate surface area is 196 Å². The van der Waals surface area contributed by atoms with E-state index < -0.39 is 0 Å². The van der Waals surface area contributed by atoms with E-state index in [0.717, 1.165) is 42.8 Å². The van der Waals surface area contributed by atoms with Crippen molar-refractivity contribution in [2.75, 3.05) is 12.4 Å². The number of carbonyl (C=O) groups excluding carboxylic acids is 1. The summed E-state index contributed by atoms with van der Waals surface area (Å²) >= 11 is 1.39. The molecule has 1 aliphatic rings. The van der Waals surface area contributed by atoms with Gasteiger partial charge in [-0.15, -0.1) is 0 Å². The quantitative estimate of drug-likeness (QED) is 0.497. The molecule has 1 heterocycles. The van der Waals surface area contributed by atoms with Crippen molar-refractivity contribution in [2.24, 2.45) is 11.3 Å². The third-order valence-corrected chi connectivity index (χ3v) is 8.13. The Bertz CT molecular complexity index is 995. The SMILES string of the molecule is CCC(Sc1nc2c(cc1C#N)CC(C(C)(C)CC)CC2)C(=O)Nc1ccc(OC)cc1. The Morgan fingerprint density at radius 3 is 2.66 bits per heavy atom. The molecule has 1 aliphatic carbocycles. The Morgan fingerprint density at radius 1 is 1.34 bits per heavy atom. The van der Waals surface area contributed by atoms with Crippen molar-refractivity contribution in [3.63, 3.8) is 0 Å². The standard InChI is InChI=1S/C26H33N3O2S/c1-6-23(24(30)28-20-9-11-21(31-5)12-10-20)32-25-18(16-27)14-17-15-19(26(3,4)7-2)8-13-22(17)29-25/h9-12,14,19,23H,6-8,13,15H2,1-5H3,(H,28,30). The van der Waals surface area contributed by atoms with E-state index in [0.29, 0.717) is 22.9 Å². The molecule has 2 unspecified atom stereocenters. The molecular weight excluding hydrogens is 418 g/mol. The molecule has 1 amide bonds. The molecule has 0 spiro atoms. The van der Waals surface area contributed by atoms with Crippen LogP contribution in [0.4, 0.5) is 5.69 Å². The minimum absolute atomic E-state index is 0.0872. The van der Waals surface area contributed by atoms with Gasteiger partial charge in [0.25, 0.3) is 0 Å². The van der Waals surface area contributed by atoms with Crippen LogP contribution in [0, 0.1) is 22.7 Å². The number of anilines is 1. The summed E-state index contributed by atoms with van der Waals surface area (Å²) in [6.45, 7) is 8.89. The van der Waals surface area contributed by atoms with Crippen LogP contribution in [0.15, 0.2) is 35.4 Å². The molecule has 32 heavy (non-hydrogen) atoms. The lowest BCUT2D eigenvalue weighted by Gasteiger charge is -2.37. The van der Waals surface area contributed by atoms with Gasteiger partial charge in [0.05, 0.1) is 17.9 Å². The summed E-state index contributed by atoms with van der Waals surface area (Å²) in [5.41, 5.74) is 3.85. The number of ether oxygens (including phenoxy) is 1. The van der Waals surface area contributed by atoms with Crippen LogP contribution < -0.4 is 10.1 Å². The third kappa shape index (κ3) is 5.45. The number of hydrogen-bond donors (Lipinski definition) is 1.